The molecule has 0 atom stereocenters. The zero-order valence-corrected chi connectivity index (χ0v) is 12.9. The van der Waals surface area contributed by atoms with E-state index < -0.39 is 0 Å². The van der Waals surface area contributed by atoms with Gasteiger partial charge in [-0.25, -0.2) is 4.98 Å². The Morgan fingerprint density at radius 2 is 2.00 bits per heavy atom. The number of piperidine rings is 1. The molecule has 2 heterocycles. The summed E-state index contributed by atoms with van der Waals surface area (Å²) in [5.41, 5.74) is 0.932. The van der Waals surface area contributed by atoms with Crippen LogP contribution in [0.4, 0.5) is 5.82 Å². The smallest absolute Gasteiger partial charge is 0.227 e. The van der Waals surface area contributed by atoms with Crippen molar-refractivity contribution in [3.63, 3.8) is 0 Å². The molecular formula is C16H25N3O. The van der Waals surface area contributed by atoms with Crippen LogP contribution in [0.2, 0.25) is 0 Å². The van der Waals surface area contributed by atoms with Crippen LogP contribution in [0.1, 0.15) is 39.2 Å². The SMILES string of the molecule is Cc1ccnc(NC2CCN(C(=O)C(C)(C)C)CC2)c1. The van der Waals surface area contributed by atoms with Crippen molar-refractivity contribution in [2.24, 2.45) is 5.41 Å². The van der Waals surface area contributed by atoms with Gasteiger partial charge in [-0.1, -0.05) is 20.8 Å². The van der Waals surface area contributed by atoms with E-state index in [0.717, 1.165) is 31.7 Å². The molecule has 1 amide bonds. The van der Waals surface area contributed by atoms with Gasteiger partial charge in [-0.2, -0.15) is 0 Å². The lowest BCUT2D eigenvalue weighted by Crippen LogP contribution is -2.46. The number of aryl methyl sites for hydroxylation is 1. The maximum absolute atomic E-state index is 12.2. The van der Waals surface area contributed by atoms with Gasteiger partial charge in [0.2, 0.25) is 5.91 Å². The van der Waals surface area contributed by atoms with E-state index >= 15 is 0 Å². The van der Waals surface area contributed by atoms with Gasteiger partial charge in [0.05, 0.1) is 0 Å². The molecule has 4 heteroatoms. The lowest BCUT2D eigenvalue weighted by Gasteiger charge is -2.36. The number of nitrogens with one attached hydrogen (secondary N) is 1. The molecule has 1 saturated heterocycles. The van der Waals surface area contributed by atoms with E-state index in [1.807, 2.05) is 37.9 Å². The number of hydrogen-bond donors (Lipinski definition) is 1. The molecule has 1 aromatic heterocycles. The van der Waals surface area contributed by atoms with Crippen LogP contribution in [-0.4, -0.2) is 34.9 Å². The molecule has 4 nitrogen and oxygen atoms in total. The standard InChI is InChI=1S/C16H25N3O/c1-12-5-8-17-14(11-12)18-13-6-9-19(10-7-13)15(20)16(2,3)4/h5,8,11,13H,6-7,9-10H2,1-4H3,(H,17,18). The van der Waals surface area contributed by atoms with Gasteiger partial charge >= 0.3 is 0 Å². The molecule has 1 aromatic rings. The molecule has 1 aliphatic heterocycles. The highest BCUT2D eigenvalue weighted by Gasteiger charge is 2.30. The highest BCUT2D eigenvalue weighted by Crippen LogP contribution is 2.22. The van der Waals surface area contributed by atoms with E-state index in [2.05, 4.69) is 23.3 Å². The molecule has 0 saturated carbocycles. The predicted molar refractivity (Wildman–Crippen MR) is 81.7 cm³/mol. The van der Waals surface area contributed by atoms with Crippen molar-refractivity contribution in [2.75, 3.05) is 18.4 Å². The normalized spacial score (nSPS) is 17.1. The van der Waals surface area contributed by atoms with E-state index in [1.54, 1.807) is 0 Å². The van der Waals surface area contributed by atoms with Crippen molar-refractivity contribution in [3.05, 3.63) is 23.9 Å². The molecule has 110 valence electrons. The summed E-state index contributed by atoms with van der Waals surface area (Å²) in [7, 11) is 0. The molecule has 1 aliphatic rings. The minimum absolute atomic E-state index is 0.254. The Bertz CT molecular complexity index is 471. The van der Waals surface area contributed by atoms with Gasteiger partial charge in [-0.3, -0.25) is 4.79 Å². The fourth-order valence-electron chi connectivity index (χ4n) is 2.53. The third-order valence-corrected chi connectivity index (χ3v) is 3.69. The molecule has 0 unspecified atom stereocenters. The average Bonchev–Trinajstić information content (AvgIpc) is 2.38. The average molecular weight is 275 g/mol. The Kier molecular flexibility index (Phi) is 4.31. The summed E-state index contributed by atoms with van der Waals surface area (Å²) in [5, 5.41) is 3.47. The van der Waals surface area contributed by atoms with Crippen molar-refractivity contribution in [1.82, 2.24) is 9.88 Å². The quantitative estimate of drug-likeness (QED) is 0.902. The Morgan fingerprint density at radius 1 is 1.35 bits per heavy atom. The fourth-order valence-corrected chi connectivity index (χ4v) is 2.53. The largest absolute Gasteiger partial charge is 0.367 e. The van der Waals surface area contributed by atoms with Gasteiger partial charge in [0, 0.05) is 30.7 Å². The summed E-state index contributed by atoms with van der Waals surface area (Å²) in [5.74, 6) is 1.19. The molecule has 0 radical (unpaired) electrons. The molecule has 0 aliphatic carbocycles. The van der Waals surface area contributed by atoms with Crippen molar-refractivity contribution < 1.29 is 4.79 Å². The van der Waals surface area contributed by atoms with Gasteiger partial charge in [0.15, 0.2) is 0 Å². The van der Waals surface area contributed by atoms with Gasteiger partial charge < -0.3 is 10.2 Å². The first-order chi connectivity index (χ1) is 9.36. The van der Waals surface area contributed by atoms with Crippen molar-refractivity contribution in [1.29, 1.82) is 0 Å². The van der Waals surface area contributed by atoms with Crippen molar-refractivity contribution in [3.8, 4) is 0 Å². The van der Waals surface area contributed by atoms with Crippen molar-refractivity contribution >= 4 is 11.7 Å². The van der Waals surface area contributed by atoms with Crippen LogP contribution in [0.3, 0.4) is 0 Å². The van der Waals surface area contributed by atoms with Crippen LogP contribution >= 0.6 is 0 Å². The lowest BCUT2D eigenvalue weighted by molar-refractivity contribution is -0.140. The Labute approximate surface area is 121 Å². The maximum atomic E-state index is 12.2. The van der Waals surface area contributed by atoms with Gasteiger partial charge in [-0.05, 0) is 37.5 Å². The monoisotopic (exact) mass is 275 g/mol. The third-order valence-electron chi connectivity index (χ3n) is 3.69. The summed E-state index contributed by atoms with van der Waals surface area (Å²) in [6.07, 6.45) is 3.80. The molecule has 0 bridgehead atoms. The summed E-state index contributed by atoms with van der Waals surface area (Å²) in [4.78, 5) is 18.5. The summed E-state index contributed by atoms with van der Waals surface area (Å²) < 4.78 is 0. The van der Waals surface area contributed by atoms with Gasteiger partial charge in [0.25, 0.3) is 0 Å². The second-order valence-corrected chi connectivity index (χ2v) is 6.68. The number of rotatable bonds is 2. The topological polar surface area (TPSA) is 45.2 Å². The van der Waals surface area contributed by atoms with E-state index in [9.17, 15) is 4.79 Å². The molecular weight excluding hydrogens is 250 g/mol. The molecule has 0 aromatic carbocycles. The number of anilines is 1. The number of likely N-dealkylation sites (tertiary alicyclic amines) is 1. The predicted octanol–water partition coefficient (Wildman–Crippen LogP) is 2.84. The number of carbonyl (C=O) groups is 1. The number of aromatic nitrogens is 1. The number of nitrogens with zero attached hydrogens (tertiary/aromatic N) is 2. The third kappa shape index (κ3) is 3.71. The van der Waals surface area contributed by atoms with Gasteiger partial charge in [-0.15, -0.1) is 0 Å². The number of pyridine rings is 1. The van der Waals surface area contributed by atoms with E-state index in [4.69, 9.17) is 0 Å². The molecule has 2 rings (SSSR count). The van der Waals surface area contributed by atoms with Crippen LogP contribution in [0.15, 0.2) is 18.3 Å². The van der Waals surface area contributed by atoms with E-state index in [1.165, 1.54) is 5.56 Å². The minimum atomic E-state index is -0.279. The Hall–Kier alpha value is -1.58. The first-order valence-corrected chi connectivity index (χ1v) is 7.35. The highest BCUT2D eigenvalue weighted by atomic mass is 16.2. The fraction of sp³-hybridized carbons (Fsp3) is 0.625. The summed E-state index contributed by atoms with van der Waals surface area (Å²) in [6.45, 7) is 9.68. The first-order valence-electron chi connectivity index (χ1n) is 7.35. The molecule has 1 N–H and O–H groups in total. The number of hydrogen-bond acceptors (Lipinski definition) is 3. The van der Waals surface area contributed by atoms with Gasteiger partial charge in [0.1, 0.15) is 5.82 Å². The van der Waals surface area contributed by atoms with E-state index in [0.29, 0.717) is 6.04 Å². The number of carbonyl (C=O) groups excluding carboxylic acids is 1. The molecule has 20 heavy (non-hydrogen) atoms. The van der Waals surface area contributed by atoms with Crippen LogP contribution < -0.4 is 5.32 Å². The second kappa shape index (κ2) is 5.81. The second-order valence-electron chi connectivity index (χ2n) is 6.68. The zero-order chi connectivity index (χ0) is 14.8. The Morgan fingerprint density at radius 3 is 2.55 bits per heavy atom. The molecule has 0 spiro atoms. The summed E-state index contributed by atoms with van der Waals surface area (Å²) in [6, 6.07) is 4.47. The highest BCUT2D eigenvalue weighted by molar-refractivity contribution is 5.81. The van der Waals surface area contributed by atoms with Crippen LogP contribution in [0, 0.1) is 12.3 Å². The Balaban J connectivity index is 1.87. The van der Waals surface area contributed by atoms with Crippen molar-refractivity contribution in [2.45, 2.75) is 46.6 Å². The first kappa shape index (κ1) is 14.8. The van der Waals surface area contributed by atoms with Crippen LogP contribution in [0.25, 0.3) is 0 Å². The zero-order valence-electron chi connectivity index (χ0n) is 12.9. The summed E-state index contributed by atoms with van der Waals surface area (Å²) >= 11 is 0. The number of amides is 1. The lowest BCUT2D eigenvalue weighted by atomic mass is 9.93. The maximum Gasteiger partial charge on any atom is 0.227 e. The minimum Gasteiger partial charge on any atom is -0.367 e. The van der Waals surface area contributed by atoms with Crippen LogP contribution in [0.5, 0.6) is 0 Å². The van der Waals surface area contributed by atoms with Crippen LogP contribution in [-0.2, 0) is 4.79 Å². The molecule has 1 fully saturated rings. The van der Waals surface area contributed by atoms with E-state index in [-0.39, 0.29) is 11.3 Å².